The molecule has 0 aliphatic carbocycles. The smallest absolute Gasteiger partial charge is 0.0566 e. The maximum atomic E-state index is 9.65. The summed E-state index contributed by atoms with van der Waals surface area (Å²) >= 11 is 0. The van der Waals surface area contributed by atoms with Gasteiger partial charge in [0.2, 0.25) is 0 Å². The second kappa shape index (κ2) is 7.70. The maximum absolute atomic E-state index is 9.65. The zero-order valence-electron chi connectivity index (χ0n) is 10.7. The summed E-state index contributed by atoms with van der Waals surface area (Å²) in [6, 6.07) is 0. The summed E-state index contributed by atoms with van der Waals surface area (Å²) in [6.07, 6.45) is 6.15. The lowest BCUT2D eigenvalue weighted by Gasteiger charge is -2.14. The van der Waals surface area contributed by atoms with E-state index in [4.69, 9.17) is 0 Å². The van der Waals surface area contributed by atoms with Gasteiger partial charge in [-0.1, -0.05) is 31.1 Å². The van der Waals surface area contributed by atoms with Crippen molar-refractivity contribution in [2.24, 2.45) is 5.92 Å². The number of hydrogen-bond acceptors (Lipinski definition) is 1. The van der Waals surface area contributed by atoms with E-state index in [0.717, 1.165) is 25.7 Å². The molecule has 0 saturated carbocycles. The van der Waals surface area contributed by atoms with Gasteiger partial charge in [0.15, 0.2) is 0 Å². The van der Waals surface area contributed by atoms with Crippen molar-refractivity contribution in [1.82, 2.24) is 0 Å². The van der Waals surface area contributed by atoms with Crippen molar-refractivity contribution in [2.45, 2.75) is 59.5 Å². The highest BCUT2D eigenvalue weighted by atomic mass is 16.3. The van der Waals surface area contributed by atoms with Gasteiger partial charge in [0.25, 0.3) is 0 Å². The van der Waals surface area contributed by atoms with E-state index in [-0.39, 0.29) is 6.10 Å². The average Bonchev–Trinajstić information content (AvgIpc) is 2.13. The van der Waals surface area contributed by atoms with E-state index in [1.54, 1.807) is 0 Å². The number of rotatable bonds is 7. The molecule has 0 fully saturated rings. The third kappa shape index (κ3) is 8.44. The van der Waals surface area contributed by atoms with Gasteiger partial charge in [0, 0.05) is 0 Å². The fourth-order valence-corrected chi connectivity index (χ4v) is 1.38. The Bertz CT molecular complexity index is 213. The van der Waals surface area contributed by atoms with Gasteiger partial charge in [-0.05, 0) is 45.4 Å². The first-order valence-corrected chi connectivity index (χ1v) is 5.91. The molecule has 1 atom stereocenters. The first-order chi connectivity index (χ1) is 6.93. The zero-order valence-corrected chi connectivity index (χ0v) is 10.7. The van der Waals surface area contributed by atoms with Crippen LogP contribution in [0.25, 0.3) is 0 Å². The van der Waals surface area contributed by atoms with Gasteiger partial charge in [0.05, 0.1) is 6.10 Å². The molecule has 1 heteroatoms. The number of hydrogen-bond donors (Lipinski definition) is 1. The molecule has 0 heterocycles. The topological polar surface area (TPSA) is 20.2 Å². The molecule has 0 aliphatic rings. The summed E-state index contributed by atoms with van der Waals surface area (Å²) in [5, 5.41) is 9.65. The highest BCUT2D eigenvalue weighted by molar-refractivity contribution is 5.01. The monoisotopic (exact) mass is 210 g/mol. The van der Waals surface area contributed by atoms with Crippen LogP contribution in [-0.4, -0.2) is 11.2 Å². The Morgan fingerprint density at radius 3 is 2.33 bits per heavy atom. The number of aliphatic hydroxyl groups is 1. The lowest BCUT2D eigenvalue weighted by molar-refractivity contribution is 0.116. The van der Waals surface area contributed by atoms with Crippen LogP contribution >= 0.6 is 0 Å². The van der Waals surface area contributed by atoms with E-state index in [2.05, 4.69) is 40.3 Å². The van der Waals surface area contributed by atoms with Crippen molar-refractivity contribution in [2.75, 3.05) is 0 Å². The molecular formula is C14H26O. The van der Waals surface area contributed by atoms with E-state index in [9.17, 15) is 5.11 Å². The predicted octanol–water partition coefficient (Wildman–Crippen LogP) is 4.09. The van der Waals surface area contributed by atoms with E-state index in [0.29, 0.717) is 5.92 Å². The lowest BCUT2D eigenvalue weighted by atomic mass is 9.99. The van der Waals surface area contributed by atoms with Gasteiger partial charge in [0.1, 0.15) is 0 Å². The Morgan fingerprint density at radius 2 is 1.87 bits per heavy atom. The first-order valence-electron chi connectivity index (χ1n) is 5.91. The molecule has 88 valence electrons. The van der Waals surface area contributed by atoms with Gasteiger partial charge in [-0.3, -0.25) is 0 Å². The molecule has 0 saturated heterocycles. The molecule has 0 aromatic heterocycles. The SMILES string of the molecule is C=C(C)CC/C=C(\C)CC[C@@H](O)C(C)C. The molecular weight excluding hydrogens is 184 g/mol. The van der Waals surface area contributed by atoms with Crippen molar-refractivity contribution in [3.8, 4) is 0 Å². The molecule has 1 nitrogen and oxygen atoms in total. The molecule has 0 bridgehead atoms. The third-order valence-corrected chi connectivity index (χ3v) is 2.67. The molecule has 0 aliphatic heterocycles. The lowest BCUT2D eigenvalue weighted by Crippen LogP contribution is -2.14. The second-order valence-electron chi connectivity index (χ2n) is 4.90. The quantitative estimate of drug-likeness (QED) is 0.628. The fourth-order valence-electron chi connectivity index (χ4n) is 1.38. The van der Waals surface area contributed by atoms with Crippen molar-refractivity contribution in [3.63, 3.8) is 0 Å². The van der Waals surface area contributed by atoms with Gasteiger partial charge in [-0.2, -0.15) is 0 Å². The summed E-state index contributed by atoms with van der Waals surface area (Å²) < 4.78 is 0. The molecule has 0 rings (SSSR count). The fraction of sp³-hybridized carbons (Fsp3) is 0.714. The van der Waals surface area contributed by atoms with Crippen molar-refractivity contribution in [3.05, 3.63) is 23.8 Å². The standard InChI is InChI=1S/C14H26O/c1-11(2)7-6-8-13(5)9-10-14(15)12(3)4/h8,12,14-15H,1,6-7,9-10H2,2-5H3/b13-8+/t14-/m1/s1. The Morgan fingerprint density at radius 1 is 1.27 bits per heavy atom. The van der Waals surface area contributed by atoms with E-state index in [1.807, 2.05) is 0 Å². The second-order valence-corrected chi connectivity index (χ2v) is 4.90. The van der Waals surface area contributed by atoms with Crippen molar-refractivity contribution >= 4 is 0 Å². The molecule has 0 aromatic carbocycles. The Labute approximate surface area is 94.9 Å². The first kappa shape index (κ1) is 14.4. The summed E-state index contributed by atoms with van der Waals surface area (Å²) in [6.45, 7) is 12.2. The Balaban J connectivity index is 3.72. The highest BCUT2D eigenvalue weighted by Gasteiger charge is 2.08. The summed E-state index contributed by atoms with van der Waals surface area (Å²) in [5.41, 5.74) is 2.62. The van der Waals surface area contributed by atoms with Crippen LogP contribution in [0, 0.1) is 5.92 Å². The maximum Gasteiger partial charge on any atom is 0.0566 e. The average molecular weight is 210 g/mol. The van der Waals surface area contributed by atoms with Crippen molar-refractivity contribution < 1.29 is 5.11 Å². The molecule has 0 unspecified atom stereocenters. The van der Waals surface area contributed by atoms with Crippen LogP contribution in [0.1, 0.15) is 53.4 Å². The summed E-state index contributed by atoms with van der Waals surface area (Å²) in [5.74, 6) is 0.369. The summed E-state index contributed by atoms with van der Waals surface area (Å²) in [7, 11) is 0. The van der Waals surface area contributed by atoms with Crippen LogP contribution in [0.5, 0.6) is 0 Å². The van der Waals surface area contributed by atoms with Crippen LogP contribution in [0.3, 0.4) is 0 Å². The van der Waals surface area contributed by atoms with Gasteiger partial charge >= 0.3 is 0 Å². The Kier molecular flexibility index (Phi) is 7.41. The van der Waals surface area contributed by atoms with Gasteiger partial charge < -0.3 is 5.11 Å². The third-order valence-electron chi connectivity index (χ3n) is 2.67. The minimum absolute atomic E-state index is 0.158. The molecule has 0 amide bonds. The zero-order chi connectivity index (χ0) is 11.8. The normalized spacial score (nSPS) is 14.4. The number of aliphatic hydroxyl groups excluding tert-OH is 1. The van der Waals surface area contributed by atoms with E-state index in [1.165, 1.54) is 11.1 Å². The van der Waals surface area contributed by atoms with Crippen molar-refractivity contribution in [1.29, 1.82) is 0 Å². The minimum atomic E-state index is -0.158. The van der Waals surface area contributed by atoms with Crippen LogP contribution in [-0.2, 0) is 0 Å². The largest absolute Gasteiger partial charge is 0.393 e. The Hall–Kier alpha value is -0.560. The summed E-state index contributed by atoms with van der Waals surface area (Å²) in [4.78, 5) is 0. The minimum Gasteiger partial charge on any atom is -0.393 e. The van der Waals surface area contributed by atoms with Crippen LogP contribution in [0.15, 0.2) is 23.8 Å². The molecule has 0 spiro atoms. The molecule has 0 radical (unpaired) electrons. The van der Waals surface area contributed by atoms with Gasteiger partial charge in [-0.25, -0.2) is 0 Å². The highest BCUT2D eigenvalue weighted by Crippen LogP contribution is 2.14. The van der Waals surface area contributed by atoms with Crippen LogP contribution in [0.4, 0.5) is 0 Å². The molecule has 0 aromatic rings. The van der Waals surface area contributed by atoms with Crippen LogP contribution in [0.2, 0.25) is 0 Å². The van der Waals surface area contributed by atoms with Crippen LogP contribution < -0.4 is 0 Å². The predicted molar refractivity (Wildman–Crippen MR) is 67.9 cm³/mol. The van der Waals surface area contributed by atoms with Gasteiger partial charge in [-0.15, -0.1) is 6.58 Å². The molecule has 1 N–H and O–H groups in total. The van der Waals surface area contributed by atoms with E-state index < -0.39 is 0 Å². The van der Waals surface area contributed by atoms with E-state index >= 15 is 0 Å². The molecule has 15 heavy (non-hydrogen) atoms. The number of allylic oxidation sites excluding steroid dienone is 3.